The van der Waals surface area contributed by atoms with E-state index in [2.05, 4.69) is 5.32 Å². The van der Waals surface area contributed by atoms with Gasteiger partial charge in [0.15, 0.2) is 0 Å². The molecule has 2 saturated carbocycles. The Morgan fingerprint density at radius 1 is 1.16 bits per heavy atom. The lowest BCUT2D eigenvalue weighted by molar-refractivity contribution is -0.142. The summed E-state index contributed by atoms with van der Waals surface area (Å²) in [5.41, 5.74) is 0. The highest BCUT2D eigenvalue weighted by Gasteiger charge is 2.35. The average molecular weight is 268 g/mol. The van der Waals surface area contributed by atoms with Crippen molar-refractivity contribution >= 4 is 17.8 Å². The largest absolute Gasteiger partial charge is 0.481 e. The van der Waals surface area contributed by atoms with Crippen molar-refractivity contribution in [1.82, 2.24) is 10.2 Å². The second-order valence-electron chi connectivity index (χ2n) is 5.58. The van der Waals surface area contributed by atoms with Crippen LogP contribution in [-0.4, -0.2) is 47.4 Å². The number of aliphatic carboxylic acids is 1. The van der Waals surface area contributed by atoms with E-state index in [0.29, 0.717) is 25.3 Å². The van der Waals surface area contributed by atoms with Gasteiger partial charge in [0.25, 0.3) is 0 Å². The Kier molecular flexibility index (Phi) is 4.07. The Balaban J connectivity index is 1.78. The van der Waals surface area contributed by atoms with Gasteiger partial charge in [-0.25, -0.2) is 0 Å². The van der Waals surface area contributed by atoms with E-state index in [1.165, 1.54) is 4.90 Å². The molecule has 0 unspecified atom stereocenters. The molecule has 2 N–H and O–H groups in total. The van der Waals surface area contributed by atoms with E-state index >= 15 is 0 Å². The van der Waals surface area contributed by atoms with Gasteiger partial charge in [-0.3, -0.25) is 14.4 Å². The van der Waals surface area contributed by atoms with E-state index in [4.69, 9.17) is 5.11 Å². The quantitative estimate of drug-likeness (QED) is 0.747. The average Bonchev–Trinajstić information content (AvgIpc) is 3.00. The monoisotopic (exact) mass is 268 g/mol. The molecule has 6 heteroatoms. The fourth-order valence-corrected chi connectivity index (χ4v) is 2.54. The molecule has 106 valence electrons. The third-order valence-electron chi connectivity index (χ3n) is 3.83. The summed E-state index contributed by atoms with van der Waals surface area (Å²) in [6.07, 6.45) is 3.58. The second-order valence-corrected chi connectivity index (χ2v) is 5.58. The molecule has 0 aromatic heterocycles. The first-order valence-electron chi connectivity index (χ1n) is 6.74. The van der Waals surface area contributed by atoms with Crippen LogP contribution < -0.4 is 5.32 Å². The Hall–Kier alpha value is -1.59. The van der Waals surface area contributed by atoms with Crippen LogP contribution in [0, 0.1) is 11.8 Å². The summed E-state index contributed by atoms with van der Waals surface area (Å²) in [6.45, 7) is 0.0591. The lowest BCUT2D eigenvalue weighted by Crippen LogP contribution is -2.41. The lowest BCUT2D eigenvalue weighted by Gasteiger charge is -2.20. The summed E-state index contributed by atoms with van der Waals surface area (Å²) in [5, 5.41) is 11.7. The molecular formula is C13H20N2O4. The van der Waals surface area contributed by atoms with Crippen molar-refractivity contribution < 1.29 is 19.5 Å². The zero-order chi connectivity index (χ0) is 14.0. The van der Waals surface area contributed by atoms with E-state index in [-0.39, 0.29) is 24.3 Å². The Morgan fingerprint density at radius 2 is 1.79 bits per heavy atom. The van der Waals surface area contributed by atoms with E-state index in [1.54, 1.807) is 7.05 Å². The van der Waals surface area contributed by atoms with Crippen molar-refractivity contribution in [2.45, 2.75) is 38.1 Å². The molecule has 2 aliphatic carbocycles. The number of nitrogens with zero attached hydrogens (tertiary/aromatic N) is 1. The molecule has 2 rings (SSSR count). The van der Waals surface area contributed by atoms with Gasteiger partial charge in [-0.2, -0.15) is 0 Å². The van der Waals surface area contributed by atoms with Crippen LogP contribution >= 0.6 is 0 Å². The number of likely N-dealkylation sites (N-methyl/N-ethyl adjacent to an activating group) is 1. The Labute approximate surface area is 112 Å². The standard InChI is InChI=1S/C13H20N2O4/c1-15(7-11(16)14-10-4-5-10)12(17)8-2-3-9(6-8)13(18)19/h8-10H,2-7H2,1H3,(H,14,16)(H,18,19)/t8-,9+/m1/s1. The third-order valence-corrected chi connectivity index (χ3v) is 3.83. The maximum atomic E-state index is 12.1. The second kappa shape index (κ2) is 5.59. The molecule has 2 aliphatic rings. The maximum Gasteiger partial charge on any atom is 0.306 e. The predicted octanol–water partition coefficient (Wildman–Crippen LogP) is 0.224. The first kappa shape index (κ1) is 13.8. The molecule has 0 saturated heterocycles. The third kappa shape index (κ3) is 3.68. The van der Waals surface area contributed by atoms with Crippen LogP contribution in [0.1, 0.15) is 32.1 Å². The van der Waals surface area contributed by atoms with Gasteiger partial charge in [0.1, 0.15) is 0 Å². The zero-order valence-electron chi connectivity index (χ0n) is 11.1. The van der Waals surface area contributed by atoms with Crippen molar-refractivity contribution in [2.75, 3.05) is 13.6 Å². The first-order chi connectivity index (χ1) is 8.97. The number of hydrogen-bond donors (Lipinski definition) is 2. The summed E-state index contributed by atoms with van der Waals surface area (Å²) >= 11 is 0. The van der Waals surface area contributed by atoms with Crippen LogP contribution in [0.4, 0.5) is 0 Å². The van der Waals surface area contributed by atoms with E-state index in [9.17, 15) is 14.4 Å². The number of amides is 2. The minimum atomic E-state index is -0.829. The molecule has 19 heavy (non-hydrogen) atoms. The number of carbonyl (C=O) groups is 3. The van der Waals surface area contributed by atoms with Crippen LogP contribution in [0.5, 0.6) is 0 Å². The van der Waals surface area contributed by atoms with Crippen LogP contribution in [0.15, 0.2) is 0 Å². The molecule has 0 spiro atoms. The molecule has 0 aromatic carbocycles. The van der Waals surface area contributed by atoms with Crippen LogP contribution in [0.3, 0.4) is 0 Å². The lowest BCUT2D eigenvalue weighted by atomic mass is 10.0. The van der Waals surface area contributed by atoms with Crippen LogP contribution in [0.2, 0.25) is 0 Å². The number of carboxylic acids is 1. The summed E-state index contributed by atoms with van der Waals surface area (Å²) in [6, 6.07) is 0.291. The van der Waals surface area contributed by atoms with Gasteiger partial charge in [0.2, 0.25) is 11.8 Å². The molecule has 2 fully saturated rings. The highest BCUT2D eigenvalue weighted by atomic mass is 16.4. The number of carbonyl (C=O) groups excluding carboxylic acids is 2. The van der Waals surface area contributed by atoms with Gasteiger partial charge < -0.3 is 15.3 Å². The number of carboxylic acid groups (broad SMARTS) is 1. The van der Waals surface area contributed by atoms with Crippen molar-refractivity contribution in [2.24, 2.45) is 11.8 Å². The number of hydrogen-bond acceptors (Lipinski definition) is 3. The van der Waals surface area contributed by atoms with Crippen molar-refractivity contribution in [1.29, 1.82) is 0 Å². The van der Waals surface area contributed by atoms with Crippen molar-refractivity contribution in [3.8, 4) is 0 Å². The predicted molar refractivity (Wildman–Crippen MR) is 67.3 cm³/mol. The number of nitrogens with one attached hydrogen (secondary N) is 1. The van der Waals surface area contributed by atoms with E-state index < -0.39 is 11.9 Å². The highest BCUT2D eigenvalue weighted by molar-refractivity contribution is 5.86. The maximum absolute atomic E-state index is 12.1. The van der Waals surface area contributed by atoms with E-state index in [0.717, 1.165) is 12.8 Å². The SMILES string of the molecule is CN(CC(=O)NC1CC1)C(=O)[C@@H]1CC[C@H](C(=O)O)C1. The molecule has 2 atom stereocenters. The van der Waals surface area contributed by atoms with Crippen LogP contribution in [0.25, 0.3) is 0 Å². The highest BCUT2D eigenvalue weighted by Crippen LogP contribution is 2.32. The minimum absolute atomic E-state index is 0.0591. The molecule has 0 aliphatic heterocycles. The fourth-order valence-electron chi connectivity index (χ4n) is 2.54. The smallest absolute Gasteiger partial charge is 0.306 e. The van der Waals surface area contributed by atoms with Gasteiger partial charge in [-0.1, -0.05) is 0 Å². The molecule has 0 bridgehead atoms. The molecule has 0 heterocycles. The van der Waals surface area contributed by atoms with Gasteiger partial charge in [0, 0.05) is 19.0 Å². The van der Waals surface area contributed by atoms with Crippen molar-refractivity contribution in [3.05, 3.63) is 0 Å². The zero-order valence-corrected chi connectivity index (χ0v) is 11.1. The summed E-state index contributed by atoms with van der Waals surface area (Å²) in [7, 11) is 1.60. The summed E-state index contributed by atoms with van der Waals surface area (Å²) in [5.74, 6) is -1.74. The fraction of sp³-hybridized carbons (Fsp3) is 0.769. The Bertz CT molecular complexity index is 392. The van der Waals surface area contributed by atoms with Crippen molar-refractivity contribution in [3.63, 3.8) is 0 Å². The Morgan fingerprint density at radius 3 is 2.32 bits per heavy atom. The van der Waals surface area contributed by atoms with E-state index in [1.807, 2.05) is 0 Å². The van der Waals surface area contributed by atoms with Crippen LogP contribution in [-0.2, 0) is 14.4 Å². The molecule has 6 nitrogen and oxygen atoms in total. The molecule has 2 amide bonds. The number of rotatable bonds is 5. The minimum Gasteiger partial charge on any atom is -0.481 e. The van der Waals surface area contributed by atoms with Gasteiger partial charge in [-0.05, 0) is 32.1 Å². The van der Waals surface area contributed by atoms with Gasteiger partial charge >= 0.3 is 5.97 Å². The van der Waals surface area contributed by atoms with Gasteiger partial charge in [0.05, 0.1) is 12.5 Å². The first-order valence-corrected chi connectivity index (χ1v) is 6.74. The van der Waals surface area contributed by atoms with Gasteiger partial charge in [-0.15, -0.1) is 0 Å². The topological polar surface area (TPSA) is 86.7 Å². The summed E-state index contributed by atoms with van der Waals surface area (Å²) in [4.78, 5) is 36.0. The molecular weight excluding hydrogens is 248 g/mol. The normalized spacial score (nSPS) is 25.9. The molecule has 0 radical (unpaired) electrons. The molecule has 0 aromatic rings. The summed E-state index contributed by atoms with van der Waals surface area (Å²) < 4.78 is 0.